The van der Waals surface area contributed by atoms with Crippen LogP contribution in [-0.4, -0.2) is 17.4 Å². The van der Waals surface area contributed by atoms with Crippen molar-refractivity contribution in [1.29, 1.82) is 0 Å². The summed E-state index contributed by atoms with van der Waals surface area (Å²) in [6, 6.07) is 11.1. The maximum atomic E-state index is 13.0. The molecule has 0 N–H and O–H groups in total. The Morgan fingerprint density at radius 3 is 2.48 bits per heavy atom. The smallest absolute Gasteiger partial charge is 0.237 e. The molecule has 3 nitrogen and oxygen atoms in total. The van der Waals surface area contributed by atoms with Crippen molar-refractivity contribution in [3.05, 3.63) is 65.5 Å². The van der Waals surface area contributed by atoms with E-state index in [9.17, 15) is 4.79 Å². The van der Waals surface area contributed by atoms with Crippen LogP contribution in [0.25, 0.3) is 0 Å². The van der Waals surface area contributed by atoms with Crippen molar-refractivity contribution in [2.24, 2.45) is 4.99 Å². The van der Waals surface area contributed by atoms with Crippen LogP contribution in [-0.2, 0) is 19.0 Å². The van der Waals surface area contributed by atoms with Crippen LogP contribution in [0.15, 0.2) is 53.8 Å². The normalized spacial score (nSPS) is 12.9. The van der Waals surface area contributed by atoms with Gasteiger partial charge in [0.2, 0.25) is 11.8 Å². The quantitative estimate of drug-likeness (QED) is 0.268. The number of pyridine rings is 1. The Hall–Kier alpha value is -2.07. The molecule has 0 saturated carbocycles. The molecule has 0 aliphatic heterocycles. The molecule has 1 atom stereocenters. The topological polar surface area (TPSA) is 33.3 Å². The molecular formula is C19H22N2OS. The van der Waals surface area contributed by atoms with E-state index >= 15 is 0 Å². The molecule has 0 fully saturated rings. The van der Waals surface area contributed by atoms with Crippen molar-refractivity contribution < 1.29 is 9.36 Å². The largest absolute Gasteiger partial charge is 0.758 e. The Balaban J connectivity index is 2.43. The molecule has 0 unspecified atom stereocenters. The van der Waals surface area contributed by atoms with E-state index < -0.39 is 6.04 Å². The Kier molecular flexibility index (Phi) is 5.99. The SMILES string of the molecule is CCN=C([S-])[C@@H](C(=O)c1ccc(CC)cc1)[n+]1cccc(C)c1. The summed E-state index contributed by atoms with van der Waals surface area (Å²) in [4.78, 5) is 17.3. The fourth-order valence-corrected chi connectivity index (χ4v) is 2.81. The zero-order valence-corrected chi connectivity index (χ0v) is 14.6. The van der Waals surface area contributed by atoms with Crippen LogP contribution in [0, 0.1) is 6.92 Å². The lowest BCUT2D eigenvalue weighted by atomic mass is 10.0. The minimum Gasteiger partial charge on any atom is -0.758 e. The maximum absolute atomic E-state index is 13.0. The number of aromatic nitrogens is 1. The molecule has 0 saturated heterocycles. The molecule has 0 spiro atoms. The molecule has 1 heterocycles. The first-order valence-electron chi connectivity index (χ1n) is 7.88. The number of aryl methyl sites for hydroxylation is 2. The highest BCUT2D eigenvalue weighted by molar-refractivity contribution is 7.77. The first-order chi connectivity index (χ1) is 11.1. The van der Waals surface area contributed by atoms with Gasteiger partial charge < -0.3 is 17.6 Å². The van der Waals surface area contributed by atoms with Gasteiger partial charge in [0, 0.05) is 23.7 Å². The van der Waals surface area contributed by atoms with Gasteiger partial charge in [0.1, 0.15) is 0 Å². The molecular weight excluding hydrogens is 304 g/mol. The number of hydrogen-bond donors (Lipinski definition) is 0. The Morgan fingerprint density at radius 1 is 1.22 bits per heavy atom. The predicted octanol–water partition coefficient (Wildman–Crippen LogP) is 3.23. The second-order valence-electron chi connectivity index (χ2n) is 5.46. The highest BCUT2D eigenvalue weighted by atomic mass is 32.1. The number of hydrogen-bond acceptors (Lipinski definition) is 3. The second-order valence-corrected chi connectivity index (χ2v) is 5.88. The third-order valence-corrected chi connectivity index (χ3v) is 4.06. The van der Waals surface area contributed by atoms with Crippen LogP contribution in [0.1, 0.15) is 41.4 Å². The molecule has 4 heteroatoms. The number of carbonyl (C=O) groups is 1. The molecule has 1 aromatic heterocycles. The third-order valence-electron chi connectivity index (χ3n) is 3.71. The van der Waals surface area contributed by atoms with Crippen LogP contribution in [0.5, 0.6) is 0 Å². The summed E-state index contributed by atoms with van der Waals surface area (Å²) in [5, 5.41) is 0.424. The summed E-state index contributed by atoms with van der Waals surface area (Å²) in [6.07, 6.45) is 4.75. The van der Waals surface area contributed by atoms with Gasteiger partial charge in [-0.2, -0.15) is 4.57 Å². The lowest BCUT2D eigenvalue weighted by Crippen LogP contribution is -2.47. The van der Waals surface area contributed by atoms with Gasteiger partial charge in [0.25, 0.3) is 0 Å². The van der Waals surface area contributed by atoms with E-state index in [0.717, 1.165) is 12.0 Å². The first-order valence-corrected chi connectivity index (χ1v) is 8.29. The zero-order valence-electron chi connectivity index (χ0n) is 13.8. The standard InChI is InChI=1S/C19H22N2OS/c1-4-15-8-10-16(11-9-15)18(22)17(19(23)20-5-2)21-12-6-7-14(3)13-21/h6-13,17H,4-5H2,1-3H3/t17-/m1/s1. The lowest BCUT2D eigenvalue weighted by Gasteiger charge is -2.18. The van der Waals surface area contributed by atoms with E-state index in [2.05, 4.69) is 11.9 Å². The lowest BCUT2D eigenvalue weighted by molar-refractivity contribution is -0.692. The average molecular weight is 326 g/mol. The van der Waals surface area contributed by atoms with Gasteiger partial charge in [-0.25, -0.2) is 0 Å². The van der Waals surface area contributed by atoms with Gasteiger partial charge in [-0.15, -0.1) is 0 Å². The highest BCUT2D eigenvalue weighted by Crippen LogP contribution is 2.13. The minimum atomic E-state index is -0.572. The average Bonchev–Trinajstić information content (AvgIpc) is 2.55. The fraction of sp³-hybridized carbons (Fsp3) is 0.316. The molecule has 0 aliphatic rings. The number of ketones is 1. The maximum Gasteiger partial charge on any atom is 0.237 e. The van der Waals surface area contributed by atoms with Gasteiger partial charge in [-0.05, 0) is 36.9 Å². The summed E-state index contributed by atoms with van der Waals surface area (Å²) >= 11 is 5.42. The second kappa shape index (κ2) is 7.97. The number of benzene rings is 1. The summed E-state index contributed by atoms with van der Waals surface area (Å²) in [5.41, 5.74) is 2.95. The van der Waals surface area contributed by atoms with E-state index in [0.29, 0.717) is 17.2 Å². The Bertz CT molecular complexity index is 708. The molecule has 0 bridgehead atoms. The molecule has 0 aliphatic carbocycles. The van der Waals surface area contributed by atoms with Crippen molar-refractivity contribution in [1.82, 2.24) is 0 Å². The molecule has 0 radical (unpaired) electrons. The van der Waals surface area contributed by atoms with Gasteiger partial charge in [0.05, 0.1) is 0 Å². The summed E-state index contributed by atoms with van der Waals surface area (Å²) in [6.45, 7) is 6.58. The summed E-state index contributed by atoms with van der Waals surface area (Å²) < 4.78 is 1.85. The third kappa shape index (κ3) is 4.23. The number of Topliss-reactive ketones (excluding diaryl/α,β-unsaturated/α-hetero) is 1. The molecule has 1 aromatic carbocycles. The molecule has 120 valence electrons. The van der Waals surface area contributed by atoms with Crippen LogP contribution in [0.4, 0.5) is 0 Å². The van der Waals surface area contributed by atoms with Crippen molar-refractivity contribution in [2.75, 3.05) is 6.54 Å². The molecule has 23 heavy (non-hydrogen) atoms. The van der Waals surface area contributed by atoms with Crippen molar-refractivity contribution in [3.8, 4) is 0 Å². The molecule has 0 amide bonds. The van der Waals surface area contributed by atoms with E-state index in [4.69, 9.17) is 12.6 Å². The summed E-state index contributed by atoms with van der Waals surface area (Å²) in [5.74, 6) is -0.0227. The number of aliphatic imine (C=N–C) groups is 1. The van der Waals surface area contributed by atoms with Crippen LogP contribution < -0.4 is 4.57 Å². The van der Waals surface area contributed by atoms with Crippen LogP contribution in [0.3, 0.4) is 0 Å². The van der Waals surface area contributed by atoms with Gasteiger partial charge >= 0.3 is 0 Å². The molecule has 2 rings (SSSR count). The van der Waals surface area contributed by atoms with Crippen molar-refractivity contribution in [2.45, 2.75) is 33.2 Å². The number of nitrogens with zero attached hydrogens (tertiary/aromatic N) is 2. The number of carbonyl (C=O) groups excluding carboxylic acids is 1. The Morgan fingerprint density at radius 2 is 1.91 bits per heavy atom. The van der Waals surface area contributed by atoms with Gasteiger partial charge in [-0.1, -0.05) is 31.2 Å². The van der Waals surface area contributed by atoms with E-state index in [-0.39, 0.29) is 5.78 Å². The van der Waals surface area contributed by atoms with E-state index in [1.54, 1.807) is 0 Å². The van der Waals surface area contributed by atoms with Crippen LogP contribution >= 0.6 is 0 Å². The molecule has 2 aromatic rings. The minimum absolute atomic E-state index is 0.0227. The van der Waals surface area contributed by atoms with Crippen LogP contribution in [0.2, 0.25) is 0 Å². The monoisotopic (exact) mass is 326 g/mol. The van der Waals surface area contributed by atoms with Crippen molar-refractivity contribution in [3.63, 3.8) is 0 Å². The zero-order chi connectivity index (χ0) is 16.8. The number of rotatable bonds is 6. The van der Waals surface area contributed by atoms with E-state index in [1.807, 2.05) is 67.2 Å². The van der Waals surface area contributed by atoms with Gasteiger partial charge in [0.15, 0.2) is 12.4 Å². The Labute approximate surface area is 143 Å². The van der Waals surface area contributed by atoms with E-state index in [1.165, 1.54) is 5.56 Å². The summed E-state index contributed by atoms with van der Waals surface area (Å²) in [7, 11) is 0. The van der Waals surface area contributed by atoms with Crippen molar-refractivity contribution >= 4 is 23.5 Å². The predicted molar refractivity (Wildman–Crippen MR) is 95.9 cm³/mol. The first kappa shape index (κ1) is 17.3. The fourth-order valence-electron chi connectivity index (χ4n) is 2.46. The highest BCUT2D eigenvalue weighted by Gasteiger charge is 2.28. The van der Waals surface area contributed by atoms with Gasteiger partial charge in [-0.3, -0.25) is 4.79 Å².